The molecular weight excluding hydrogens is 226 g/mol. The van der Waals surface area contributed by atoms with E-state index in [0.717, 1.165) is 18.7 Å². The number of rotatable bonds is 8. The lowest BCUT2D eigenvalue weighted by molar-refractivity contribution is 0.0921. The molecule has 0 aliphatic rings. The number of ether oxygens (including phenoxy) is 2. The molecule has 0 fully saturated rings. The normalized spacial score (nSPS) is 14.2. The summed E-state index contributed by atoms with van der Waals surface area (Å²) in [7, 11) is 1.69. The van der Waals surface area contributed by atoms with Gasteiger partial charge in [0.15, 0.2) is 0 Å². The predicted octanol–water partition coefficient (Wildman–Crippen LogP) is 2.64. The maximum atomic E-state index is 5.72. The Hall–Kier alpha value is -1.06. The Morgan fingerprint density at radius 1 is 1.17 bits per heavy atom. The van der Waals surface area contributed by atoms with Crippen LogP contribution in [0.4, 0.5) is 0 Å². The number of benzene rings is 1. The molecule has 102 valence electrons. The van der Waals surface area contributed by atoms with E-state index in [1.165, 1.54) is 5.56 Å². The van der Waals surface area contributed by atoms with E-state index in [1.54, 1.807) is 7.11 Å². The molecule has 2 unspecified atom stereocenters. The number of methoxy groups -OCH3 is 1. The third-order valence-corrected chi connectivity index (χ3v) is 2.76. The molecule has 0 saturated carbocycles. The SMILES string of the molecule is CCNC(C)Cc1ccc(OC(C)COC)cc1. The van der Waals surface area contributed by atoms with Gasteiger partial charge < -0.3 is 14.8 Å². The fourth-order valence-corrected chi connectivity index (χ4v) is 1.98. The number of likely N-dealkylation sites (N-methyl/N-ethyl adjacent to an activating group) is 1. The zero-order valence-corrected chi connectivity index (χ0v) is 11.9. The third-order valence-electron chi connectivity index (χ3n) is 2.76. The van der Waals surface area contributed by atoms with Crippen LogP contribution in [0, 0.1) is 0 Å². The van der Waals surface area contributed by atoms with Crippen LogP contribution in [-0.2, 0) is 11.2 Å². The summed E-state index contributed by atoms with van der Waals surface area (Å²) in [5, 5.41) is 3.41. The van der Waals surface area contributed by atoms with E-state index in [9.17, 15) is 0 Å². The van der Waals surface area contributed by atoms with Gasteiger partial charge >= 0.3 is 0 Å². The molecule has 3 nitrogen and oxygen atoms in total. The van der Waals surface area contributed by atoms with Crippen LogP contribution in [0.1, 0.15) is 26.3 Å². The summed E-state index contributed by atoms with van der Waals surface area (Å²) in [5.74, 6) is 0.902. The molecule has 0 radical (unpaired) electrons. The Kier molecular flexibility index (Phi) is 6.76. The molecule has 0 amide bonds. The molecule has 1 aromatic carbocycles. The highest BCUT2D eigenvalue weighted by molar-refractivity contribution is 5.27. The van der Waals surface area contributed by atoms with Crippen LogP contribution < -0.4 is 10.1 Å². The molecule has 1 rings (SSSR count). The second kappa shape index (κ2) is 8.11. The molecule has 3 heteroatoms. The van der Waals surface area contributed by atoms with E-state index in [-0.39, 0.29) is 6.10 Å². The summed E-state index contributed by atoms with van der Waals surface area (Å²) in [6.45, 7) is 7.96. The van der Waals surface area contributed by atoms with E-state index in [2.05, 4.69) is 31.3 Å². The topological polar surface area (TPSA) is 30.5 Å². The Morgan fingerprint density at radius 3 is 2.39 bits per heavy atom. The third kappa shape index (κ3) is 5.52. The predicted molar refractivity (Wildman–Crippen MR) is 75.3 cm³/mol. The van der Waals surface area contributed by atoms with Gasteiger partial charge in [0.2, 0.25) is 0 Å². The minimum absolute atomic E-state index is 0.0848. The van der Waals surface area contributed by atoms with Crippen LogP contribution in [0.25, 0.3) is 0 Å². The summed E-state index contributed by atoms with van der Waals surface area (Å²) in [6.07, 6.45) is 1.13. The zero-order chi connectivity index (χ0) is 13.4. The lowest BCUT2D eigenvalue weighted by atomic mass is 10.1. The Morgan fingerprint density at radius 2 is 1.83 bits per heavy atom. The number of nitrogens with one attached hydrogen (secondary N) is 1. The van der Waals surface area contributed by atoms with Gasteiger partial charge in [-0.25, -0.2) is 0 Å². The zero-order valence-electron chi connectivity index (χ0n) is 11.9. The summed E-state index contributed by atoms with van der Waals surface area (Å²) >= 11 is 0. The van der Waals surface area contributed by atoms with Gasteiger partial charge in [-0.05, 0) is 44.5 Å². The van der Waals surface area contributed by atoms with Gasteiger partial charge in [0.25, 0.3) is 0 Å². The second-order valence-corrected chi connectivity index (χ2v) is 4.69. The molecule has 1 N–H and O–H groups in total. The van der Waals surface area contributed by atoms with Gasteiger partial charge in [0, 0.05) is 13.2 Å². The molecule has 1 aromatic rings. The van der Waals surface area contributed by atoms with Gasteiger partial charge in [0.1, 0.15) is 11.9 Å². The van der Waals surface area contributed by atoms with Crippen molar-refractivity contribution in [1.82, 2.24) is 5.32 Å². The molecule has 0 aliphatic heterocycles. The van der Waals surface area contributed by atoms with Gasteiger partial charge in [-0.15, -0.1) is 0 Å². The molecule has 0 aromatic heterocycles. The average molecular weight is 251 g/mol. The lowest BCUT2D eigenvalue weighted by Gasteiger charge is -2.15. The first-order valence-electron chi connectivity index (χ1n) is 6.63. The minimum Gasteiger partial charge on any atom is -0.488 e. The monoisotopic (exact) mass is 251 g/mol. The van der Waals surface area contributed by atoms with Crippen LogP contribution in [0.5, 0.6) is 5.75 Å². The van der Waals surface area contributed by atoms with Gasteiger partial charge in [-0.1, -0.05) is 19.1 Å². The molecule has 18 heavy (non-hydrogen) atoms. The Balaban J connectivity index is 2.46. The first kappa shape index (κ1) is 15.0. The van der Waals surface area contributed by atoms with Crippen molar-refractivity contribution in [1.29, 1.82) is 0 Å². The van der Waals surface area contributed by atoms with Crippen LogP contribution in [0.2, 0.25) is 0 Å². The first-order chi connectivity index (χ1) is 8.65. The van der Waals surface area contributed by atoms with E-state index in [1.807, 2.05) is 19.1 Å². The summed E-state index contributed by atoms with van der Waals surface area (Å²) in [6, 6.07) is 8.82. The molecule has 0 bridgehead atoms. The van der Waals surface area contributed by atoms with E-state index in [0.29, 0.717) is 12.6 Å². The van der Waals surface area contributed by atoms with Crippen molar-refractivity contribution in [3.63, 3.8) is 0 Å². The smallest absolute Gasteiger partial charge is 0.119 e. The second-order valence-electron chi connectivity index (χ2n) is 4.69. The summed E-state index contributed by atoms with van der Waals surface area (Å²) in [4.78, 5) is 0. The molecule has 0 saturated heterocycles. The minimum atomic E-state index is 0.0848. The van der Waals surface area contributed by atoms with Crippen LogP contribution >= 0.6 is 0 Å². The van der Waals surface area contributed by atoms with E-state index < -0.39 is 0 Å². The van der Waals surface area contributed by atoms with Crippen LogP contribution in [0.15, 0.2) is 24.3 Å². The van der Waals surface area contributed by atoms with Crippen molar-refractivity contribution in [2.24, 2.45) is 0 Å². The van der Waals surface area contributed by atoms with Crippen molar-refractivity contribution < 1.29 is 9.47 Å². The highest BCUT2D eigenvalue weighted by Crippen LogP contribution is 2.15. The number of hydrogen-bond acceptors (Lipinski definition) is 3. The summed E-state index contributed by atoms with van der Waals surface area (Å²) in [5.41, 5.74) is 1.33. The fourth-order valence-electron chi connectivity index (χ4n) is 1.98. The van der Waals surface area contributed by atoms with Crippen molar-refractivity contribution >= 4 is 0 Å². The molecular formula is C15H25NO2. The van der Waals surface area contributed by atoms with Crippen molar-refractivity contribution in [2.45, 2.75) is 39.3 Å². The van der Waals surface area contributed by atoms with Crippen molar-refractivity contribution in [2.75, 3.05) is 20.3 Å². The lowest BCUT2D eigenvalue weighted by Crippen LogP contribution is -2.27. The Bertz CT molecular complexity index is 291. The van der Waals surface area contributed by atoms with E-state index in [4.69, 9.17) is 9.47 Å². The molecule has 0 aliphatic carbocycles. The summed E-state index contributed by atoms with van der Waals surface area (Å²) < 4.78 is 10.8. The van der Waals surface area contributed by atoms with Gasteiger partial charge in [-0.2, -0.15) is 0 Å². The van der Waals surface area contributed by atoms with E-state index >= 15 is 0 Å². The van der Waals surface area contributed by atoms with Crippen LogP contribution in [0.3, 0.4) is 0 Å². The molecule has 2 atom stereocenters. The molecule has 0 heterocycles. The van der Waals surface area contributed by atoms with Gasteiger partial charge in [0.05, 0.1) is 6.61 Å². The largest absolute Gasteiger partial charge is 0.488 e. The van der Waals surface area contributed by atoms with Gasteiger partial charge in [-0.3, -0.25) is 0 Å². The highest BCUT2D eigenvalue weighted by Gasteiger charge is 2.05. The maximum Gasteiger partial charge on any atom is 0.119 e. The highest BCUT2D eigenvalue weighted by atomic mass is 16.5. The standard InChI is InChI=1S/C15H25NO2/c1-5-16-12(2)10-14-6-8-15(9-7-14)18-13(3)11-17-4/h6-9,12-13,16H,5,10-11H2,1-4H3. The Labute approximate surface area is 110 Å². The maximum absolute atomic E-state index is 5.72. The molecule has 0 spiro atoms. The van der Waals surface area contributed by atoms with Crippen LogP contribution in [-0.4, -0.2) is 32.4 Å². The fraction of sp³-hybridized carbons (Fsp3) is 0.600. The first-order valence-corrected chi connectivity index (χ1v) is 6.63. The average Bonchev–Trinajstić information content (AvgIpc) is 2.32. The van der Waals surface area contributed by atoms with Crippen molar-refractivity contribution in [3.05, 3.63) is 29.8 Å². The quantitative estimate of drug-likeness (QED) is 0.770. The number of hydrogen-bond donors (Lipinski definition) is 1. The van der Waals surface area contributed by atoms with Crippen molar-refractivity contribution in [3.8, 4) is 5.75 Å².